The second-order valence-corrected chi connectivity index (χ2v) is 17.0. The fourth-order valence-electron chi connectivity index (χ4n) is 6.74. The Kier molecular flexibility index (Phi) is 8.58. The van der Waals surface area contributed by atoms with Crippen molar-refractivity contribution >= 4 is 9.28 Å². The Morgan fingerprint density at radius 2 is 1.07 bits per heavy atom. The summed E-state index contributed by atoms with van der Waals surface area (Å²) in [6.45, 7) is 4.53. The van der Waals surface area contributed by atoms with E-state index in [1.165, 1.54) is 50.1 Å². The molecule has 2 aliphatic rings. The van der Waals surface area contributed by atoms with Crippen LogP contribution in [0.15, 0.2) is 127 Å². The molecule has 0 heterocycles. The van der Waals surface area contributed by atoms with Gasteiger partial charge in [0.25, 0.3) is 0 Å². The summed E-state index contributed by atoms with van der Waals surface area (Å²) in [7, 11) is 0. The molecule has 1 atom stereocenters. The monoisotopic (exact) mass is 634 g/mol. The minimum absolute atomic E-state index is 0. The van der Waals surface area contributed by atoms with E-state index in [1.807, 2.05) is 0 Å². The minimum Gasteiger partial charge on any atom is -1.00 e. The molecule has 1 unspecified atom stereocenters. The summed E-state index contributed by atoms with van der Waals surface area (Å²) in [4.78, 5) is 0. The molecule has 0 saturated carbocycles. The maximum Gasteiger partial charge on any atom is -1.00 e. The first-order chi connectivity index (χ1) is 18.7. The molecule has 0 amide bonds. The van der Waals surface area contributed by atoms with Crippen LogP contribution in [0.1, 0.15) is 51.8 Å². The van der Waals surface area contributed by atoms with Crippen molar-refractivity contribution in [2.24, 2.45) is 0 Å². The summed E-state index contributed by atoms with van der Waals surface area (Å²) >= 11 is -2.68. The summed E-state index contributed by atoms with van der Waals surface area (Å²) in [6, 6.07) is 45.7. The largest absolute Gasteiger partial charge is 1.00 e. The van der Waals surface area contributed by atoms with Gasteiger partial charge in [-0.3, -0.25) is 0 Å². The van der Waals surface area contributed by atoms with E-state index in [0.717, 1.165) is 0 Å². The standard InChI is InChI=1S/C13H9.C13H10.C11H11.2ClH.Zr/c1-3-7-12-10(5-1)9-11-6-2-4-8-13(11)12;1-3-7-12(8-4-1)11-13-9-5-2-6-10-13;1-8-6-9(2)11-5-3-4-10(11)7-8;;;/h1-9H;1-10H;3-7H,1-2H3;2*1H;/q;;;;;+2/p-2. The van der Waals surface area contributed by atoms with E-state index in [2.05, 4.69) is 147 Å². The van der Waals surface area contributed by atoms with Crippen LogP contribution in [0.2, 0.25) is 0 Å². The van der Waals surface area contributed by atoms with Crippen LogP contribution in [0.4, 0.5) is 0 Å². The van der Waals surface area contributed by atoms with Gasteiger partial charge < -0.3 is 24.8 Å². The van der Waals surface area contributed by atoms with Gasteiger partial charge >= 0.3 is 235 Å². The molecule has 5 aromatic carbocycles. The van der Waals surface area contributed by atoms with Gasteiger partial charge in [-0.1, -0.05) is 0 Å². The van der Waals surface area contributed by atoms with Crippen LogP contribution in [0.25, 0.3) is 17.2 Å². The Bertz CT molecular complexity index is 1650. The number of aryl methyl sites for hydroxylation is 2. The number of allylic oxidation sites excluding steroid dienone is 1. The summed E-state index contributed by atoms with van der Waals surface area (Å²) in [5.74, 6) is 0. The van der Waals surface area contributed by atoms with E-state index in [4.69, 9.17) is 0 Å². The van der Waals surface area contributed by atoms with Crippen LogP contribution in [0.5, 0.6) is 0 Å². The zero-order chi connectivity index (χ0) is 25.6. The molecular formula is C37H30Cl2Zr. The zero-order valence-electron chi connectivity index (χ0n) is 22.6. The number of rotatable bonds is 4. The van der Waals surface area contributed by atoms with E-state index in [-0.39, 0.29) is 24.8 Å². The molecule has 0 nitrogen and oxygen atoms in total. The van der Waals surface area contributed by atoms with Gasteiger partial charge in [0.05, 0.1) is 0 Å². The summed E-state index contributed by atoms with van der Waals surface area (Å²) in [5, 5.41) is 0. The van der Waals surface area contributed by atoms with Crippen LogP contribution in [-0.2, 0) is 21.3 Å². The molecule has 0 saturated heterocycles. The molecule has 0 bridgehead atoms. The number of benzene rings is 5. The van der Waals surface area contributed by atoms with Crippen LogP contribution in [0, 0.1) is 13.8 Å². The average Bonchev–Trinajstić information content (AvgIpc) is 3.52. The van der Waals surface area contributed by atoms with Crippen molar-refractivity contribution in [1.29, 1.82) is 0 Å². The average molecular weight is 637 g/mol. The van der Waals surface area contributed by atoms with Gasteiger partial charge in [0, 0.05) is 0 Å². The molecule has 0 fully saturated rings. The smallest absolute Gasteiger partial charge is 1.00 e. The fourth-order valence-corrected chi connectivity index (χ4v) is 16.6. The van der Waals surface area contributed by atoms with Gasteiger partial charge in [0.2, 0.25) is 0 Å². The van der Waals surface area contributed by atoms with Crippen molar-refractivity contribution in [3.05, 3.63) is 172 Å². The van der Waals surface area contributed by atoms with Gasteiger partial charge in [-0.25, -0.2) is 0 Å². The van der Waals surface area contributed by atoms with Crippen molar-refractivity contribution in [2.75, 3.05) is 0 Å². The Morgan fingerprint density at radius 1 is 0.575 bits per heavy atom. The van der Waals surface area contributed by atoms with Gasteiger partial charge in [-0.2, -0.15) is 0 Å². The molecule has 3 heteroatoms. The van der Waals surface area contributed by atoms with Gasteiger partial charge in [0.15, 0.2) is 0 Å². The van der Waals surface area contributed by atoms with Crippen molar-refractivity contribution < 1.29 is 46.1 Å². The second kappa shape index (κ2) is 12.0. The Balaban J connectivity index is 0.00000161. The van der Waals surface area contributed by atoms with Gasteiger partial charge in [-0.15, -0.1) is 0 Å². The molecule has 5 aromatic rings. The molecule has 196 valence electrons. The van der Waals surface area contributed by atoms with E-state index in [1.54, 1.807) is 8.77 Å². The quantitative estimate of drug-likeness (QED) is 0.285. The van der Waals surface area contributed by atoms with Gasteiger partial charge in [0.1, 0.15) is 0 Å². The Hall–Kier alpha value is -2.83. The van der Waals surface area contributed by atoms with Crippen molar-refractivity contribution in [3.8, 4) is 11.1 Å². The van der Waals surface area contributed by atoms with Crippen LogP contribution in [0.3, 0.4) is 0 Å². The molecule has 0 spiro atoms. The second-order valence-electron chi connectivity index (χ2n) is 10.6. The third-order valence-corrected chi connectivity index (χ3v) is 17.0. The maximum absolute atomic E-state index is 2.68. The molecule has 2 aliphatic carbocycles. The normalized spacial score (nSPS) is 14.2. The van der Waals surface area contributed by atoms with Crippen molar-refractivity contribution in [1.82, 2.24) is 0 Å². The molecule has 0 radical (unpaired) electrons. The van der Waals surface area contributed by atoms with Crippen LogP contribution < -0.4 is 24.8 Å². The number of halogens is 2. The number of hydrogen-bond donors (Lipinski definition) is 0. The first-order valence-electron chi connectivity index (χ1n) is 13.5. The van der Waals surface area contributed by atoms with E-state index in [0.29, 0.717) is 7.25 Å². The third kappa shape index (κ3) is 4.83. The summed E-state index contributed by atoms with van der Waals surface area (Å²) in [6.07, 6.45) is 5.00. The molecular weight excluding hydrogens is 607 g/mol. The number of hydrogen-bond acceptors (Lipinski definition) is 0. The third-order valence-electron chi connectivity index (χ3n) is 8.25. The Labute approximate surface area is 257 Å². The molecule has 40 heavy (non-hydrogen) atoms. The van der Waals surface area contributed by atoms with E-state index >= 15 is 0 Å². The molecule has 0 aromatic heterocycles. The van der Waals surface area contributed by atoms with Crippen molar-refractivity contribution in [3.63, 3.8) is 0 Å². The van der Waals surface area contributed by atoms with Crippen LogP contribution >= 0.6 is 0 Å². The molecule has 0 aliphatic heterocycles. The molecule has 7 rings (SSSR count). The van der Waals surface area contributed by atoms with Crippen molar-refractivity contribution in [2.45, 2.75) is 21.1 Å². The van der Waals surface area contributed by atoms with E-state index in [9.17, 15) is 0 Å². The summed E-state index contributed by atoms with van der Waals surface area (Å²) < 4.78 is 2.53. The first-order valence-corrected chi connectivity index (χ1v) is 17.6. The summed E-state index contributed by atoms with van der Waals surface area (Å²) in [5.41, 5.74) is 14.4. The zero-order valence-corrected chi connectivity index (χ0v) is 26.6. The fraction of sp³-hybridized carbons (Fsp3) is 0.108. The maximum atomic E-state index is 2.57. The Morgan fingerprint density at radius 3 is 1.62 bits per heavy atom. The topological polar surface area (TPSA) is 0 Å². The predicted octanol–water partition coefficient (Wildman–Crippen LogP) is 3.04. The van der Waals surface area contributed by atoms with Crippen LogP contribution in [-0.4, -0.2) is 3.21 Å². The number of fused-ring (bicyclic) bond motifs is 4. The first kappa shape index (κ1) is 28.7. The minimum atomic E-state index is -2.68. The van der Waals surface area contributed by atoms with Gasteiger partial charge in [-0.05, 0) is 0 Å². The molecule has 0 N–H and O–H groups in total. The predicted molar refractivity (Wildman–Crippen MR) is 158 cm³/mol. The van der Waals surface area contributed by atoms with E-state index < -0.39 is 21.3 Å². The SMILES string of the molecule is Cc1cc(C)c2c(c1)[CH]([Zr+2](=[C](c1ccccc1)c1ccccc1)[CH]1c3ccccc3-c3ccccc31)C=C2.[Cl-].[Cl-].